The number of fused-ring (bicyclic) bond motifs is 1. The molecule has 0 unspecified atom stereocenters. The van der Waals surface area contributed by atoms with E-state index in [4.69, 9.17) is 4.74 Å². The molecule has 1 saturated heterocycles. The van der Waals surface area contributed by atoms with Crippen molar-refractivity contribution in [1.29, 1.82) is 0 Å². The van der Waals surface area contributed by atoms with Gasteiger partial charge in [-0.2, -0.15) is 0 Å². The molecule has 3 rings (SSSR count). The Morgan fingerprint density at radius 1 is 1.32 bits per heavy atom. The zero-order valence-electron chi connectivity index (χ0n) is 19.1. The lowest BCUT2D eigenvalue weighted by Gasteiger charge is -2.36. The van der Waals surface area contributed by atoms with Gasteiger partial charge in [-0.1, -0.05) is 26.6 Å². The van der Waals surface area contributed by atoms with Gasteiger partial charge >= 0.3 is 6.03 Å². The number of carbonyl (C=O) groups excluding carboxylic acids is 2. The van der Waals surface area contributed by atoms with Crippen LogP contribution in [-0.4, -0.2) is 65.2 Å². The number of carbonyl (C=O) groups is 2. The average Bonchev–Trinajstić information content (AvgIpc) is 3.08. The van der Waals surface area contributed by atoms with Gasteiger partial charge in [-0.25, -0.2) is 14.8 Å². The van der Waals surface area contributed by atoms with E-state index in [1.807, 2.05) is 28.7 Å². The number of hydrogen-bond donors (Lipinski definition) is 2. The van der Waals surface area contributed by atoms with Crippen molar-refractivity contribution in [2.24, 2.45) is 5.92 Å². The largest absolute Gasteiger partial charge is 0.361 e. The smallest absolute Gasteiger partial charge is 0.320 e. The molecule has 0 aliphatic carbocycles. The van der Waals surface area contributed by atoms with Crippen LogP contribution in [0.3, 0.4) is 0 Å². The van der Waals surface area contributed by atoms with Crippen LogP contribution in [0.15, 0.2) is 18.5 Å². The normalized spacial score (nSPS) is 19.5. The van der Waals surface area contributed by atoms with Crippen molar-refractivity contribution in [2.75, 3.05) is 25.0 Å². The van der Waals surface area contributed by atoms with E-state index >= 15 is 0 Å². The Bertz CT molecular complexity index is 925. The second-order valence-corrected chi connectivity index (χ2v) is 15.2. The van der Waals surface area contributed by atoms with Crippen LogP contribution < -0.4 is 10.6 Å². The summed E-state index contributed by atoms with van der Waals surface area (Å²) in [6.45, 7) is 13.1. The molecule has 2 atom stereocenters. The lowest BCUT2D eigenvalue weighted by molar-refractivity contribution is -0.130. The molecule has 0 saturated carbocycles. The molecule has 2 aromatic rings. The molecule has 2 aromatic heterocycles. The van der Waals surface area contributed by atoms with Gasteiger partial charge in [0.25, 0.3) is 0 Å². The highest BCUT2D eigenvalue weighted by Crippen LogP contribution is 2.18. The predicted molar refractivity (Wildman–Crippen MR) is 124 cm³/mol. The third kappa shape index (κ3) is 6.51. The highest BCUT2D eigenvalue weighted by atomic mass is 28.3. The van der Waals surface area contributed by atoms with Crippen LogP contribution in [0.5, 0.6) is 0 Å². The molecule has 0 aromatic carbocycles. The molecule has 0 radical (unpaired) electrons. The summed E-state index contributed by atoms with van der Waals surface area (Å²) in [6, 6.07) is 2.69. The summed E-state index contributed by atoms with van der Waals surface area (Å²) in [5, 5.41) is 5.77. The first-order valence-corrected chi connectivity index (χ1v) is 14.6. The first-order valence-electron chi connectivity index (χ1n) is 10.8. The molecule has 2 N–H and O–H groups in total. The number of hydrogen-bond acceptors (Lipinski definition) is 5. The zero-order chi connectivity index (χ0) is 22.6. The second kappa shape index (κ2) is 9.78. The summed E-state index contributed by atoms with van der Waals surface area (Å²) in [5.41, 5.74) is 1.43. The SMILES string of the molecule is CC(=O)N1CC[C@H](NC(=O)Nc2cnc3c(ccn3COCC[Si](C)(C)C)n2)[C@H](C)C1. The molecule has 170 valence electrons. The molecule has 3 amide bonds. The highest BCUT2D eigenvalue weighted by molar-refractivity contribution is 6.76. The van der Waals surface area contributed by atoms with E-state index in [0.29, 0.717) is 31.2 Å². The molecule has 31 heavy (non-hydrogen) atoms. The number of nitrogens with zero attached hydrogens (tertiary/aromatic N) is 4. The molecule has 1 aliphatic rings. The van der Waals surface area contributed by atoms with E-state index in [1.54, 1.807) is 13.1 Å². The lowest BCUT2D eigenvalue weighted by Crippen LogP contribution is -2.51. The van der Waals surface area contributed by atoms with Gasteiger partial charge < -0.3 is 19.5 Å². The summed E-state index contributed by atoms with van der Waals surface area (Å²) >= 11 is 0. The zero-order valence-corrected chi connectivity index (χ0v) is 20.1. The topological polar surface area (TPSA) is 101 Å². The fourth-order valence-corrected chi connectivity index (χ4v) is 4.39. The number of aromatic nitrogens is 3. The van der Waals surface area contributed by atoms with E-state index in [-0.39, 0.29) is 23.9 Å². The van der Waals surface area contributed by atoms with Crippen LogP contribution in [0.2, 0.25) is 25.7 Å². The molecule has 1 aliphatic heterocycles. The lowest BCUT2D eigenvalue weighted by atomic mass is 9.94. The summed E-state index contributed by atoms with van der Waals surface area (Å²) < 4.78 is 7.72. The maximum absolute atomic E-state index is 12.4. The molecule has 10 heteroatoms. The van der Waals surface area contributed by atoms with Crippen molar-refractivity contribution in [3.8, 4) is 0 Å². The monoisotopic (exact) mass is 446 g/mol. The standard InChI is InChI=1S/C21H34N6O3Si/c1-15-13-26(16(2)28)8-6-17(15)24-21(29)25-19-12-22-20-18(23-19)7-9-27(20)14-30-10-11-31(3,4)5/h7,9,12,15,17H,6,8,10-11,13-14H2,1-5H3,(H2,23,24,25,29)/t15-,17+/m1/s1. The van der Waals surface area contributed by atoms with Gasteiger partial charge in [-0.3, -0.25) is 10.1 Å². The second-order valence-electron chi connectivity index (χ2n) is 9.53. The Kier molecular flexibility index (Phi) is 7.32. The Balaban J connectivity index is 1.53. The van der Waals surface area contributed by atoms with Crippen LogP contribution in [0.25, 0.3) is 11.2 Å². The first kappa shape index (κ1) is 23.2. The van der Waals surface area contributed by atoms with Gasteiger partial charge in [0.05, 0.1) is 6.20 Å². The van der Waals surface area contributed by atoms with Crippen LogP contribution in [0.1, 0.15) is 20.3 Å². The Hall–Kier alpha value is -2.46. The van der Waals surface area contributed by atoms with Crippen molar-refractivity contribution in [3.63, 3.8) is 0 Å². The molecule has 1 fully saturated rings. The number of nitrogens with one attached hydrogen (secondary N) is 2. The van der Waals surface area contributed by atoms with E-state index in [0.717, 1.165) is 24.7 Å². The maximum Gasteiger partial charge on any atom is 0.320 e. The molecule has 0 bridgehead atoms. The van der Waals surface area contributed by atoms with Crippen LogP contribution in [0, 0.1) is 5.92 Å². The Labute approximate surface area is 184 Å². The average molecular weight is 447 g/mol. The van der Waals surface area contributed by atoms with E-state index in [9.17, 15) is 9.59 Å². The molecular formula is C21H34N6O3Si. The van der Waals surface area contributed by atoms with Gasteiger partial charge in [0.1, 0.15) is 12.2 Å². The summed E-state index contributed by atoms with van der Waals surface area (Å²) in [7, 11) is -1.11. The minimum atomic E-state index is -1.11. The summed E-state index contributed by atoms with van der Waals surface area (Å²) in [6.07, 6.45) is 4.19. The quantitative estimate of drug-likeness (QED) is 0.503. The molecule has 3 heterocycles. The number of anilines is 1. The summed E-state index contributed by atoms with van der Waals surface area (Å²) in [4.78, 5) is 34.8. The van der Waals surface area contributed by atoms with Crippen molar-refractivity contribution in [2.45, 2.75) is 58.7 Å². The number of urea groups is 1. The fraction of sp³-hybridized carbons (Fsp3) is 0.619. The minimum Gasteiger partial charge on any atom is -0.361 e. The van der Waals surface area contributed by atoms with E-state index in [1.165, 1.54) is 0 Å². The number of piperidine rings is 1. The number of likely N-dealkylation sites (tertiary alicyclic amines) is 1. The van der Waals surface area contributed by atoms with Gasteiger partial charge in [0, 0.05) is 46.9 Å². The Morgan fingerprint density at radius 3 is 2.77 bits per heavy atom. The van der Waals surface area contributed by atoms with Crippen LogP contribution in [0.4, 0.5) is 10.6 Å². The maximum atomic E-state index is 12.4. The van der Waals surface area contributed by atoms with Gasteiger partial charge in [-0.15, -0.1) is 0 Å². The third-order valence-corrected chi connectivity index (χ3v) is 7.30. The number of ether oxygens (including phenoxy) is 1. The Morgan fingerprint density at radius 2 is 2.10 bits per heavy atom. The summed E-state index contributed by atoms with van der Waals surface area (Å²) in [5.74, 6) is 0.662. The van der Waals surface area contributed by atoms with Crippen LogP contribution in [-0.2, 0) is 16.3 Å². The van der Waals surface area contributed by atoms with Crippen LogP contribution >= 0.6 is 0 Å². The van der Waals surface area contributed by atoms with E-state index in [2.05, 4.69) is 40.2 Å². The highest BCUT2D eigenvalue weighted by Gasteiger charge is 2.28. The molecule has 0 spiro atoms. The number of rotatable bonds is 7. The van der Waals surface area contributed by atoms with Crippen molar-refractivity contribution in [1.82, 2.24) is 24.8 Å². The van der Waals surface area contributed by atoms with Crippen molar-refractivity contribution in [3.05, 3.63) is 18.5 Å². The fourth-order valence-electron chi connectivity index (χ4n) is 3.63. The number of amides is 3. The van der Waals surface area contributed by atoms with E-state index < -0.39 is 8.07 Å². The van der Waals surface area contributed by atoms with Gasteiger partial charge in [0.2, 0.25) is 5.91 Å². The third-order valence-electron chi connectivity index (χ3n) is 5.60. The first-order chi connectivity index (χ1) is 14.6. The predicted octanol–water partition coefficient (Wildman–Crippen LogP) is 3.12. The molecular weight excluding hydrogens is 412 g/mol. The van der Waals surface area contributed by atoms with Crippen molar-refractivity contribution >= 4 is 37.0 Å². The van der Waals surface area contributed by atoms with Gasteiger partial charge in [-0.05, 0) is 24.4 Å². The van der Waals surface area contributed by atoms with Crippen molar-refractivity contribution < 1.29 is 14.3 Å². The molecule has 9 nitrogen and oxygen atoms in total. The van der Waals surface area contributed by atoms with Gasteiger partial charge in [0.15, 0.2) is 11.5 Å². The minimum absolute atomic E-state index is 0.0154.